The normalized spacial score (nSPS) is 12.4. The number of hydrogen-bond acceptors (Lipinski definition) is 4. The molecular weight excluding hydrogens is 298 g/mol. The molecule has 2 heterocycles. The molecule has 3 nitrogen and oxygen atoms in total. The number of halogens is 1. The smallest absolute Gasteiger partial charge is 0.107 e. The molecule has 0 radical (unpaired) electrons. The topological polar surface area (TPSA) is 51.8 Å². The lowest BCUT2D eigenvalue weighted by molar-refractivity contribution is 0.779. The molecule has 2 aromatic rings. The number of nitrogens with two attached hydrogens (primary N) is 1. The van der Waals surface area contributed by atoms with E-state index in [9.17, 15) is 0 Å². The van der Waals surface area contributed by atoms with Crippen molar-refractivity contribution < 1.29 is 0 Å². The molecule has 0 aliphatic rings. The maximum atomic E-state index is 5.91. The Labute approximate surface area is 113 Å². The highest BCUT2D eigenvalue weighted by Crippen LogP contribution is 2.29. The van der Waals surface area contributed by atoms with Crippen LogP contribution in [0.5, 0.6) is 0 Å². The van der Waals surface area contributed by atoms with Gasteiger partial charge in [-0.05, 0) is 52.8 Å². The fourth-order valence-electron chi connectivity index (χ4n) is 1.36. The summed E-state index contributed by atoms with van der Waals surface area (Å²) in [5.41, 5.74) is 6.95. The van der Waals surface area contributed by atoms with Crippen molar-refractivity contribution in [2.45, 2.75) is 23.0 Å². The van der Waals surface area contributed by atoms with E-state index in [1.807, 2.05) is 31.2 Å². The summed E-state index contributed by atoms with van der Waals surface area (Å²) < 4.78 is 0.968. The maximum absolute atomic E-state index is 5.91. The van der Waals surface area contributed by atoms with Crippen LogP contribution in [0, 0.1) is 0 Å². The van der Waals surface area contributed by atoms with Crippen molar-refractivity contribution >= 4 is 27.7 Å². The van der Waals surface area contributed by atoms with Crippen LogP contribution in [0.2, 0.25) is 0 Å². The van der Waals surface area contributed by atoms with Crippen LogP contribution in [-0.4, -0.2) is 9.97 Å². The molecule has 2 rings (SSSR count). The summed E-state index contributed by atoms with van der Waals surface area (Å²) in [6, 6.07) is 7.79. The van der Waals surface area contributed by atoms with Crippen molar-refractivity contribution in [1.82, 2.24) is 9.97 Å². The first-order chi connectivity index (χ1) is 8.16. The summed E-state index contributed by atoms with van der Waals surface area (Å²) in [6.45, 7) is 1.95. The van der Waals surface area contributed by atoms with Crippen LogP contribution in [0.1, 0.15) is 18.5 Å². The molecule has 1 atom stereocenters. The van der Waals surface area contributed by atoms with E-state index < -0.39 is 0 Å². The van der Waals surface area contributed by atoms with Crippen LogP contribution in [0.15, 0.2) is 51.2 Å². The summed E-state index contributed by atoms with van der Waals surface area (Å²) in [4.78, 5) is 8.66. The van der Waals surface area contributed by atoms with Gasteiger partial charge in [0.25, 0.3) is 0 Å². The second-order valence-corrected chi connectivity index (χ2v) is 5.53. The molecule has 88 valence electrons. The third-order valence-corrected chi connectivity index (χ3v) is 3.65. The van der Waals surface area contributed by atoms with Gasteiger partial charge in [-0.1, -0.05) is 6.07 Å². The van der Waals surface area contributed by atoms with Crippen LogP contribution < -0.4 is 5.73 Å². The van der Waals surface area contributed by atoms with E-state index in [-0.39, 0.29) is 6.04 Å². The molecule has 2 aromatic heterocycles. The molecule has 0 saturated heterocycles. The average Bonchev–Trinajstić information content (AvgIpc) is 2.32. The molecule has 0 aliphatic carbocycles. The summed E-state index contributed by atoms with van der Waals surface area (Å²) >= 11 is 4.89. The predicted octanol–water partition coefficient (Wildman–Crippen LogP) is 3.41. The number of aromatic nitrogens is 2. The first-order valence-corrected chi connectivity index (χ1v) is 6.77. The lowest BCUT2D eigenvalue weighted by Gasteiger charge is -2.10. The second kappa shape index (κ2) is 5.62. The van der Waals surface area contributed by atoms with E-state index in [0.29, 0.717) is 0 Å². The van der Waals surface area contributed by atoms with Crippen molar-refractivity contribution in [1.29, 1.82) is 0 Å². The fourth-order valence-corrected chi connectivity index (χ4v) is 2.52. The fraction of sp³-hybridized carbons (Fsp3) is 0.167. The zero-order valence-electron chi connectivity index (χ0n) is 9.30. The van der Waals surface area contributed by atoms with Gasteiger partial charge in [0.05, 0.1) is 0 Å². The average molecular weight is 310 g/mol. The van der Waals surface area contributed by atoms with Gasteiger partial charge in [-0.25, -0.2) is 9.97 Å². The van der Waals surface area contributed by atoms with Crippen molar-refractivity contribution in [2.24, 2.45) is 5.73 Å². The Hall–Kier alpha value is -0.910. The molecule has 2 N–H and O–H groups in total. The number of nitrogens with zero attached hydrogens (tertiary/aromatic N) is 2. The molecular formula is C12H12BrN3S. The third kappa shape index (κ3) is 3.28. The van der Waals surface area contributed by atoms with Crippen LogP contribution >= 0.6 is 27.7 Å². The lowest BCUT2D eigenvalue weighted by Crippen LogP contribution is -2.07. The molecule has 0 aliphatic heterocycles. The van der Waals surface area contributed by atoms with E-state index >= 15 is 0 Å². The Kier molecular flexibility index (Phi) is 4.15. The Morgan fingerprint density at radius 1 is 1.29 bits per heavy atom. The van der Waals surface area contributed by atoms with Crippen LogP contribution in [0.3, 0.4) is 0 Å². The molecule has 0 spiro atoms. The van der Waals surface area contributed by atoms with E-state index in [1.54, 1.807) is 12.4 Å². The minimum absolute atomic E-state index is 0.0263. The van der Waals surface area contributed by atoms with Gasteiger partial charge in [0, 0.05) is 28.5 Å². The second-order valence-electron chi connectivity index (χ2n) is 3.60. The zero-order valence-corrected chi connectivity index (χ0v) is 11.7. The predicted molar refractivity (Wildman–Crippen MR) is 72.9 cm³/mol. The van der Waals surface area contributed by atoms with Gasteiger partial charge in [0.1, 0.15) is 10.1 Å². The molecule has 0 bridgehead atoms. The maximum Gasteiger partial charge on any atom is 0.107 e. The first kappa shape index (κ1) is 12.5. The standard InChI is InChI=1S/C12H12BrN3S/c1-8(14)10-3-2-6-15-12(10)17-11-5-4-9(13)7-16-11/h2-8H,14H2,1H3/t8-/m1/s1. The number of rotatable bonds is 3. The van der Waals surface area contributed by atoms with E-state index in [1.165, 1.54) is 11.8 Å². The quantitative estimate of drug-likeness (QED) is 0.944. The Morgan fingerprint density at radius 3 is 2.76 bits per heavy atom. The lowest BCUT2D eigenvalue weighted by atomic mass is 10.2. The van der Waals surface area contributed by atoms with E-state index in [0.717, 1.165) is 20.1 Å². The van der Waals surface area contributed by atoms with Crippen molar-refractivity contribution in [3.05, 3.63) is 46.7 Å². The van der Waals surface area contributed by atoms with Gasteiger partial charge in [-0.2, -0.15) is 0 Å². The van der Waals surface area contributed by atoms with Gasteiger partial charge in [-0.3, -0.25) is 0 Å². The largest absolute Gasteiger partial charge is 0.324 e. The Balaban J connectivity index is 2.26. The van der Waals surface area contributed by atoms with E-state index in [4.69, 9.17) is 5.73 Å². The van der Waals surface area contributed by atoms with Crippen molar-refractivity contribution in [3.8, 4) is 0 Å². The number of pyridine rings is 2. The molecule has 5 heteroatoms. The summed E-state index contributed by atoms with van der Waals surface area (Å²) in [7, 11) is 0. The van der Waals surface area contributed by atoms with Gasteiger partial charge in [-0.15, -0.1) is 0 Å². The molecule has 0 amide bonds. The van der Waals surface area contributed by atoms with Gasteiger partial charge >= 0.3 is 0 Å². The zero-order chi connectivity index (χ0) is 12.3. The molecule has 0 fully saturated rings. The monoisotopic (exact) mass is 309 g/mol. The molecule has 17 heavy (non-hydrogen) atoms. The highest BCUT2D eigenvalue weighted by Gasteiger charge is 2.09. The minimum Gasteiger partial charge on any atom is -0.324 e. The highest BCUT2D eigenvalue weighted by molar-refractivity contribution is 9.10. The van der Waals surface area contributed by atoms with Crippen molar-refractivity contribution in [3.63, 3.8) is 0 Å². The van der Waals surface area contributed by atoms with Gasteiger partial charge in [0.15, 0.2) is 0 Å². The summed E-state index contributed by atoms with van der Waals surface area (Å²) in [5.74, 6) is 0. The Bertz CT molecular complexity index is 499. The SMILES string of the molecule is C[C@@H](N)c1cccnc1Sc1ccc(Br)cn1. The van der Waals surface area contributed by atoms with Gasteiger partial charge < -0.3 is 5.73 Å². The van der Waals surface area contributed by atoms with Crippen LogP contribution in [0.25, 0.3) is 0 Å². The van der Waals surface area contributed by atoms with E-state index in [2.05, 4.69) is 25.9 Å². The molecule has 0 aromatic carbocycles. The highest BCUT2D eigenvalue weighted by atomic mass is 79.9. The summed E-state index contributed by atoms with van der Waals surface area (Å²) in [6.07, 6.45) is 3.55. The van der Waals surface area contributed by atoms with Crippen LogP contribution in [0.4, 0.5) is 0 Å². The van der Waals surface area contributed by atoms with Crippen LogP contribution in [-0.2, 0) is 0 Å². The summed E-state index contributed by atoms with van der Waals surface area (Å²) in [5, 5.41) is 1.83. The molecule has 0 saturated carbocycles. The number of hydrogen-bond donors (Lipinski definition) is 1. The minimum atomic E-state index is -0.0263. The molecule has 0 unspecified atom stereocenters. The van der Waals surface area contributed by atoms with Crippen molar-refractivity contribution in [2.75, 3.05) is 0 Å². The first-order valence-electron chi connectivity index (χ1n) is 5.16. The third-order valence-electron chi connectivity index (χ3n) is 2.19. The Morgan fingerprint density at radius 2 is 2.12 bits per heavy atom. The van der Waals surface area contributed by atoms with Gasteiger partial charge in [0.2, 0.25) is 0 Å².